The Kier molecular flexibility index (Phi) is 7.21. The molecule has 0 amide bonds. The number of halogens is 1. The van der Waals surface area contributed by atoms with Crippen molar-refractivity contribution >= 4 is 29.9 Å². The Morgan fingerprint density at radius 1 is 1.23 bits per heavy atom. The highest BCUT2D eigenvalue weighted by Crippen LogP contribution is 2.34. The number of hydrogen-bond donors (Lipinski definition) is 2. The normalized spacial score (nSPS) is 32.8. The zero-order valence-corrected chi connectivity index (χ0v) is 16.2. The van der Waals surface area contributed by atoms with Gasteiger partial charge < -0.3 is 20.3 Å². The lowest BCUT2D eigenvalue weighted by molar-refractivity contribution is 0.0992. The molecular weight excluding hydrogens is 391 g/mol. The Bertz CT molecular complexity index is 371. The van der Waals surface area contributed by atoms with Crippen LogP contribution < -0.4 is 10.6 Å². The van der Waals surface area contributed by atoms with Crippen molar-refractivity contribution in [1.29, 1.82) is 0 Å². The highest BCUT2D eigenvalue weighted by atomic mass is 127. The molecule has 22 heavy (non-hydrogen) atoms. The summed E-state index contributed by atoms with van der Waals surface area (Å²) in [6.07, 6.45) is 7.14. The van der Waals surface area contributed by atoms with Crippen LogP contribution in [0.4, 0.5) is 0 Å². The van der Waals surface area contributed by atoms with Gasteiger partial charge in [0.25, 0.3) is 0 Å². The summed E-state index contributed by atoms with van der Waals surface area (Å²) in [6, 6.07) is 0.450. The van der Waals surface area contributed by atoms with Gasteiger partial charge in [0.15, 0.2) is 5.96 Å². The van der Waals surface area contributed by atoms with Crippen LogP contribution in [0.25, 0.3) is 0 Å². The fourth-order valence-electron chi connectivity index (χ4n) is 3.78. The summed E-state index contributed by atoms with van der Waals surface area (Å²) in [5.41, 5.74) is 0. The molecule has 0 radical (unpaired) electrons. The second-order valence-corrected chi connectivity index (χ2v) is 6.88. The van der Waals surface area contributed by atoms with Gasteiger partial charge >= 0.3 is 0 Å². The van der Waals surface area contributed by atoms with Crippen molar-refractivity contribution in [1.82, 2.24) is 15.5 Å². The van der Waals surface area contributed by atoms with Crippen molar-refractivity contribution < 1.29 is 4.74 Å². The van der Waals surface area contributed by atoms with Gasteiger partial charge in [0.2, 0.25) is 0 Å². The highest BCUT2D eigenvalue weighted by molar-refractivity contribution is 14.0. The number of piperidine rings is 1. The zero-order chi connectivity index (χ0) is 14.7. The molecule has 3 unspecified atom stereocenters. The second-order valence-electron chi connectivity index (χ2n) is 6.88. The Morgan fingerprint density at radius 3 is 2.59 bits per heavy atom. The van der Waals surface area contributed by atoms with E-state index in [1.165, 1.54) is 38.8 Å². The molecule has 3 fully saturated rings. The van der Waals surface area contributed by atoms with E-state index in [2.05, 4.69) is 27.4 Å². The number of ether oxygens (including phenoxy) is 1. The number of fused-ring (bicyclic) bond motifs is 2. The van der Waals surface area contributed by atoms with E-state index >= 15 is 0 Å². The summed E-state index contributed by atoms with van der Waals surface area (Å²) in [5, 5.41) is 6.99. The van der Waals surface area contributed by atoms with Gasteiger partial charge in [-0.05, 0) is 51.1 Å². The Balaban J connectivity index is 0.00000176. The van der Waals surface area contributed by atoms with Crippen molar-refractivity contribution in [2.75, 3.05) is 33.2 Å². The molecule has 3 aliphatic heterocycles. The van der Waals surface area contributed by atoms with E-state index in [-0.39, 0.29) is 24.0 Å². The molecule has 0 saturated carbocycles. The smallest absolute Gasteiger partial charge is 0.191 e. The minimum absolute atomic E-state index is 0. The van der Waals surface area contributed by atoms with Gasteiger partial charge in [-0.15, -0.1) is 24.0 Å². The standard InChI is InChI=1S/C16H30N4O.HI/c1-12-5-8-20(9-6-12)10-7-18-16(17-2)19-14-11-13-3-4-15(14)21-13;/h12-15H,3-11H2,1-2H3,(H2,17,18,19);1H. The summed E-state index contributed by atoms with van der Waals surface area (Å²) in [6.45, 7) is 6.93. The maximum atomic E-state index is 5.89. The molecule has 3 saturated heterocycles. The molecule has 3 rings (SSSR count). The fourth-order valence-corrected chi connectivity index (χ4v) is 3.78. The van der Waals surface area contributed by atoms with Gasteiger partial charge in [-0.1, -0.05) is 6.92 Å². The Morgan fingerprint density at radius 2 is 2.00 bits per heavy atom. The number of rotatable bonds is 4. The third-order valence-electron chi connectivity index (χ3n) is 5.25. The average molecular weight is 422 g/mol. The summed E-state index contributed by atoms with van der Waals surface area (Å²) < 4.78 is 5.89. The third kappa shape index (κ3) is 4.71. The van der Waals surface area contributed by atoms with Crippen LogP contribution in [0.15, 0.2) is 4.99 Å². The second kappa shape index (κ2) is 8.68. The first kappa shape index (κ1) is 18.3. The molecule has 0 aliphatic carbocycles. The first-order valence-corrected chi connectivity index (χ1v) is 8.59. The highest BCUT2D eigenvalue weighted by Gasteiger charge is 2.41. The molecule has 2 bridgehead atoms. The van der Waals surface area contributed by atoms with E-state index in [0.717, 1.165) is 31.4 Å². The van der Waals surface area contributed by atoms with Crippen molar-refractivity contribution in [3.63, 3.8) is 0 Å². The van der Waals surface area contributed by atoms with Crippen LogP contribution in [-0.2, 0) is 4.74 Å². The molecule has 6 heteroatoms. The number of likely N-dealkylation sites (tertiary alicyclic amines) is 1. The van der Waals surface area contributed by atoms with E-state index in [4.69, 9.17) is 4.74 Å². The van der Waals surface area contributed by atoms with Crippen LogP contribution in [0, 0.1) is 5.92 Å². The summed E-state index contributed by atoms with van der Waals surface area (Å²) in [4.78, 5) is 6.91. The molecule has 0 aromatic rings. The van der Waals surface area contributed by atoms with E-state index in [1.54, 1.807) is 0 Å². The molecule has 0 aromatic carbocycles. The maximum absolute atomic E-state index is 5.89. The predicted octanol–water partition coefficient (Wildman–Crippen LogP) is 1.82. The SMILES string of the molecule is CN=C(NCCN1CCC(C)CC1)NC1CC2CCC1O2.I. The molecule has 0 aromatic heterocycles. The first-order valence-electron chi connectivity index (χ1n) is 8.59. The minimum Gasteiger partial charge on any atom is -0.373 e. The number of aliphatic imine (C=N–C) groups is 1. The Labute approximate surface area is 151 Å². The van der Waals surface area contributed by atoms with Crippen molar-refractivity contribution in [2.45, 2.75) is 57.3 Å². The van der Waals surface area contributed by atoms with Crippen LogP contribution in [-0.4, -0.2) is 62.3 Å². The monoisotopic (exact) mass is 422 g/mol. The van der Waals surface area contributed by atoms with E-state index in [0.29, 0.717) is 18.2 Å². The van der Waals surface area contributed by atoms with Gasteiger partial charge in [-0.2, -0.15) is 0 Å². The largest absolute Gasteiger partial charge is 0.373 e. The van der Waals surface area contributed by atoms with Crippen LogP contribution in [0.5, 0.6) is 0 Å². The van der Waals surface area contributed by atoms with Gasteiger partial charge in [-0.3, -0.25) is 4.99 Å². The van der Waals surface area contributed by atoms with Crippen molar-refractivity contribution in [3.8, 4) is 0 Å². The van der Waals surface area contributed by atoms with Gasteiger partial charge in [0.1, 0.15) is 0 Å². The van der Waals surface area contributed by atoms with Crippen LogP contribution in [0.1, 0.15) is 39.0 Å². The predicted molar refractivity (Wildman–Crippen MR) is 101 cm³/mol. The van der Waals surface area contributed by atoms with E-state index in [9.17, 15) is 0 Å². The number of nitrogens with one attached hydrogen (secondary N) is 2. The van der Waals surface area contributed by atoms with Gasteiger partial charge in [-0.25, -0.2) is 0 Å². The number of nitrogens with zero attached hydrogens (tertiary/aromatic N) is 2. The molecular formula is C16H31IN4O. The van der Waals surface area contributed by atoms with E-state index < -0.39 is 0 Å². The lowest BCUT2D eigenvalue weighted by atomic mass is 9.96. The molecule has 3 atom stereocenters. The number of hydrogen-bond acceptors (Lipinski definition) is 3. The third-order valence-corrected chi connectivity index (χ3v) is 5.25. The molecule has 3 heterocycles. The molecule has 5 nitrogen and oxygen atoms in total. The number of guanidine groups is 1. The molecule has 3 aliphatic rings. The molecule has 2 N–H and O–H groups in total. The average Bonchev–Trinajstić information content (AvgIpc) is 3.11. The topological polar surface area (TPSA) is 48.9 Å². The minimum atomic E-state index is 0. The summed E-state index contributed by atoms with van der Waals surface area (Å²) in [7, 11) is 1.85. The van der Waals surface area contributed by atoms with Crippen LogP contribution in [0.2, 0.25) is 0 Å². The first-order chi connectivity index (χ1) is 10.2. The van der Waals surface area contributed by atoms with Crippen LogP contribution in [0.3, 0.4) is 0 Å². The fraction of sp³-hybridized carbons (Fsp3) is 0.938. The van der Waals surface area contributed by atoms with Crippen LogP contribution >= 0.6 is 24.0 Å². The quantitative estimate of drug-likeness (QED) is 0.412. The molecule has 128 valence electrons. The lowest BCUT2D eigenvalue weighted by Gasteiger charge is -2.30. The maximum Gasteiger partial charge on any atom is 0.191 e. The lowest BCUT2D eigenvalue weighted by Crippen LogP contribution is -2.49. The summed E-state index contributed by atoms with van der Waals surface area (Å²) >= 11 is 0. The molecule has 0 spiro atoms. The van der Waals surface area contributed by atoms with Gasteiger partial charge in [0.05, 0.1) is 18.2 Å². The van der Waals surface area contributed by atoms with E-state index in [1.807, 2.05) is 7.05 Å². The van der Waals surface area contributed by atoms with Crippen molar-refractivity contribution in [3.05, 3.63) is 0 Å². The van der Waals surface area contributed by atoms with Crippen molar-refractivity contribution in [2.24, 2.45) is 10.9 Å². The summed E-state index contributed by atoms with van der Waals surface area (Å²) in [5.74, 6) is 1.84. The Hall–Kier alpha value is -0.0800. The van der Waals surface area contributed by atoms with Gasteiger partial charge in [0, 0.05) is 20.1 Å². The zero-order valence-electron chi connectivity index (χ0n) is 13.9.